The standard InChI is InChI=1S/C25H24N4O5/c1-34-20-5-2-4-19(14-20)28-25(33)27-18-10-7-16(8-11-18)17-9-12-21(26-15-17)23(30)29-13-3-6-22(29)24(31)32/h2,4-5,7-12,14-15,22H,3,6,13H2,1H3,(H,31,32)(H2,27,28,33)/t22-/m0/s1. The van der Waals surface area contributed by atoms with Crippen molar-refractivity contribution in [3.63, 3.8) is 0 Å². The van der Waals surface area contributed by atoms with Crippen molar-refractivity contribution < 1.29 is 24.2 Å². The third-order valence-corrected chi connectivity index (χ3v) is 5.59. The number of nitrogens with zero attached hydrogens (tertiary/aromatic N) is 2. The number of aromatic nitrogens is 1. The lowest BCUT2D eigenvalue weighted by molar-refractivity contribution is -0.141. The van der Waals surface area contributed by atoms with Crippen LogP contribution in [0, 0.1) is 0 Å². The van der Waals surface area contributed by atoms with E-state index in [2.05, 4.69) is 15.6 Å². The SMILES string of the molecule is COc1cccc(NC(=O)Nc2ccc(-c3ccc(C(=O)N4CCC[C@H]4C(=O)O)nc3)cc2)c1. The van der Waals surface area contributed by atoms with Crippen LogP contribution in [0.2, 0.25) is 0 Å². The average Bonchev–Trinajstić information content (AvgIpc) is 3.35. The van der Waals surface area contributed by atoms with E-state index < -0.39 is 12.0 Å². The normalized spacial score (nSPS) is 15.0. The average molecular weight is 460 g/mol. The number of hydrogen-bond acceptors (Lipinski definition) is 5. The quantitative estimate of drug-likeness (QED) is 0.510. The number of amides is 3. The minimum absolute atomic E-state index is 0.212. The smallest absolute Gasteiger partial charge is 0.326 e. The molecule has 2 aromatic carbocycles. The zero-order valence-electron chi connectivity index (χ0n) is 18.5. The Balaban J connectivity index is 1.38. The van der Waals surface area contributed by atoms with Crippen LogP contribution in [0.4, 0.5) is 16.2 Å². The molecule has 3 N–H and O–H groups in total. The van der Waals surface area contributed by atoms with E-state index in [9.17, 15) is 19.5 Å². The van der Waals surface area contributed by atoms with Gasteiger partial charge in [-0.05, 0) is 48.7 Å². The number of carbonyl (C=O) groups is 3. The van der Waals surface area contributed by atoms with Crippen molar-refractivity contribution in [1.82, 2.24) is 9.88 Å². The van der Waals surface area contributed by atoms with Gasteiger partial charge in [0, 0.05) is 35.7 Å². The molecule has 0 spiro atoms. The summed E-state index contributed by atoms with van der Waals surface area (Å²) in [6.45, 7) is 0.416. The highest BCUT2D eigenvalue weighted by Crippen LogP contribution is 2.24. The molecule has 2 heterocycles. The van der Waals surface area contributed by atoms with Gasteiger partial charge in [-0.1, -0.05) is 24.3 Å². The molecule has 1 atom stereocenters. The van der Waals surface area contributed by atoms with Crippen LogP contribution in [0.25, 0.3) is 11.1 Å². The first-order valence-electron chi connectivity index (χ1n) is 10.8. The Bertz CT molecular complexity index is 1190. The number of rotatable bonds is 6. The maximum absolute atomic E-state index is 12.7. The van der Waals surface area contributed by atoms with Crippen LogP contribution in [-0.4, -0.2) is 52.6 Å². The first-order chi connectivity index (χ1) is 16.4. The zero-order valence-corrected chi connectivity index (χ0v) is 18.5. The van der Waals surface area contributed by atoms with Crippen molar-refractivity contribution in [3.8, 4) is 16.9 Å². The molecule has 3 amide bonds. The minimum atomic E-state index is -0.992. The Morgan fingerprint density at radius 2 is 1.74 bits per heavy atom. The van der Waals surface area contributed by atoms with E-state index in [0.717, 1.165) is 11.1 Å². The molecule has 0 saturated carbocycles. The molecular weight excluding hydrogens is 436 g/mol. The molecule has 1 saturated heterocycles. The Morgan fingerprint density at radius 3 is 2.41 bits per heavy atom. The Hall–Kier alpha value is -4.40. The summed E-state index contributed by atoms with van der Waals surface area (Å²) < 4.78 is 5.15. The number of benzene rings is 2. The van der Waals surface area contributed by atoms with Crippen molar-refractivity contribution >= 4 is 29.3 Å². The molecule has 4 rings (SSSR count). The number of carboxylic acid groups (broad SMARTS) is 1. The molecule has 9 nitrogen and oxygen atoms in total. The number of carbonyl (C=O) groups excluding carboxylic acids is 2. The molecule has 9 heteroatoms. The lowest BCUT2D eigenvalue weighted by atomic mass is 10.1. The summed E-state index contributed by atoms with van der Waals surface area (Å²) in [6.07, 6.45) is 2.70. The van der Waals surface area contributed by atoms with Crippen LogP contribution in [0.3, 0.4) is 0 Å². The number of methoxy groups -OCH3 is 1. The second-order valence-corrected chi connectivity index (χ2v) is 7.82. The van der Waals surface area contributed by atoms with E-state index in [0.29, 0.717) is 36.5 Å². The van der Waals surface area contributed by atoms with Gasteiger partial charge in [0.05, 0.1) is 7.11 Å². The van der Waals surface area contributed by atoms with Gasteiger partial charge < -0.3 is 25.4 Å². The lowest BCUT2D eigenvalue weighted by Gasteiger charge is -2.20. The highest BCUT2D eigenvalue weighted by molar-refractivity contribution is 6.00. The Kier molecular flexibility index (Phi) is 6.72. The number of pyridine rings is 1. The summed E-state index contributed by atoms with van der Waals surface area (Å²) >= 11 is 0. The minimum Gasteiger partial charge on any atom is -0.497 e. The highest BCUT2D eigenvalue weighted by atomic mass is 16.5. The van der Waals surface area contributed by atoms with E-state index in [4.69, 9.17) is 4.74 Å². The zero-order chi connectivity index (χ0) is 24.1. The number of carboxylic acids is 1. The number of nitrogens with one attached hydrogen (secondary N) is 2. The van der Waals surface area contributed by atoms with Gasteiger partial charge >= 0.3 is 12.0 Å². The molecular formula is C25H24N4O5. The molecule has 174 valence electrons. The molecule has 0 aliphatic carbocycles. The van der Waals surface area contributed by atoms with Gasteiger partial charge in [-0.2, -0.15) is 0 Å². The van der Waals surface area contributed by atoms with Crippen LogP contribution in [0.1, 0.15) is 23.3 Å². The van der Waals surface area contributed by atoms with Crippen molar-refractivity contribution in [2.75, 3.05) is 24.3 Å². The van der Waals surface area contributed by atoms with E-state index in [1.165, 1.54) is 4.90 Å². The van der Waals surface area contributed by atoms with Crippen LogP contribution < -0.4 is 15.4 Å². The topological polar surface area (TPSA) is 121 Å². The fourth-order valence-electron chi connectivity index (χ4n) is 3.85. The highest BCUT2D eigenvalue weighted by Gasteiger charge is 2.34. The van der Waals surface area contributed by atoms with Crippen molar-refractivity contribution in [3.05, 3.63) is 72.6 Å². The van der Waals surface area contributed by atoms with E-state index in [1.807, 2.05) is 12.1 Å². The summed E-state index contributed by atoms with van der Waals surface area (Å²) in [6, 6.07) is 16.4. The molecule has 0 radical (unpaired) electrons. The fraction of sp³-hybridized carbons (Fsp3) is 0.200. The predicted octanol–water partition coefficient (Wildman–Crippen LogP) is 4.09. The maximum atomic E-state index is 12.7. The molecule has 0 unspecified atom stereocenters. The first-order valence-corrected chi connectivity index (χ1v) is 10.8. The molecule has 1 aliphatic heterocycles. The number of anilines is 2. The summed E-state index contributed by atoms with van der Waals surface area (Å²) in [5.74, 6) is -0.725. The Morgan fingerprint density at radius 1 is 1.00 bits per heavy atom. The first kappa shape index (κ1) is 22.8. The second kappa shape index (κ2) is 10.0. The molecule has 1 aliphatic rings. The van der Waals surface area contributed by atoms with E-state index >= 15 is 0 Å². The summed E-state index contributed by atoms with van der Waals surface area (Å²) in [4.78, 5) is 41.9. The molecule has 0 bridgehead atoms. The van der Waals surface area contributed by atoms with Crippen LogP contribution >= 0.6 is 0 Å². The van der Waals surface area contributed by atoms with Crippen molar-refractivity contribution in [2.45, 2.75) is 18.9 Å². The molecule has 1 fully saturated rings. The van der Waals surface area contributed by atoms with E-state index in [1.54, 1.807) is 61.8 Å². The molecule has 1 aromatic heterocycles. The number of aliphatic carboxylic acids is 1. The van der Waals surface area contributed by atoms with E-state index in [-0.39, 0.29) is 17.6 Å². The predicted molar refractivity (Wildman–Crippen MR) is 127 cm³/mol. The summed E-state index contributed by atoms with van der Waals surface area (Å²) in [5, 5.41) is 14.8. The van der Waals surface area contributed by atoms with Crippen molar-refractivity contribution in [2.24, 2.45) is 0 Å². The van der Waals surface area contributed by atoms with Gasteiger partial charge in [-0.15, -0.1) is 0 Å². The number of likely N-dealkylation sites (tertiary alicyclic amines) is 1. The van der Waals surface area contributed by atoms with Gasteiger partial charge in [0.2, 0.25) is 0 Å². The van der Waals surface area contributed by atoms with Crippen molar-refractivity contribution in [1.29, 1.82) is 0 Å². The van der Waals surface area contributed by atoms with Gasteiger partial charge in [0.1, 0.15) is 17.5 Å². The summed E-state index contributed by atoms with van der Waals surface area (Å²) in [5.41, 5.74) is 3.08. The fourth-order valence-corrected chi connectivity index (χ4v) is 3.85. The van der Waals surface area contributed by atoms with Gasteiger partial charge in [-0.3, -0.25) is 9.78 Å². The monoisotopic (exact) mass is 460 g/mol. The van der Waals surface area contributed by atoms with Gasteiger partial charge in [-0.25, -0.2) is 9.59 Å². The van der Waals surface area contributed by atoms with Gasteiger partial charge in [0.25, 0.3) is 5.91 Å². The number of urea groups is 1. The Labute approximate surface area is 196 Å². The van der Waals surface area contributed by atoms with Crippen LogP contribution in [0.5, 0.6) is 5.75 Å². The second-order valence-electron chi connectivity index (χ2n) is 7.82. The third-order valence-electron chi connectivity index (χ3n) is 5.59. The summed E-state index contributed by atoms with van der Waals surface area (Å²) in [7, 11) is 1.56. The molecule has 3 aromatic rings. The van der Waals surface area contributed by atoms with Gasteiger partial charge in [0.15, 0.2) is 0 Å². The number of ether oxygens (including phenoxy) is 1. The van der Waals surface area contributed by atoms with Crippen LogP contribution in [0.15, 0.2) is 66.9 Å². The lowest BCUT2D eigenvalue weighted by Crippen LogP contribution is -2.40. The maximum Gasteiger partial charge on any atom is 0.326 e. The third kappa shape index (κ3) is 5.15. The number of hydrogen-bond donors (Lipinski definition) is 3. The molecule has 34 heavy (non-hydrogen) atoms. The van der Waals surface area contributed by atoms with Crippen LogP contribution in [-0.2, 0) is 4.79 Å². The largest absolute Gasteiger partial charge is 0.497 e.